The summed E-state index contributed by atoms with van der Waals surface area (Å²) in [5, 5.41) is 11.4. The molecule has 8 heteroatoms. The van der Waals surface area contributed by atoms with Crippen molar-refractivity contribution < 1.29 is 24.2 Å². The zero-order valence-electron chi connectivity index (χ0n) is 24.7. The lowest BCUT2D eigenvalue weighted by molar-refractivity contribution is -0.144. The third kappa shape index (κ3) is 14.2. The molecule has 2 unspecified atom stereocenters. The third-order valence-electron chi connectivity index (χ3n) is 7.28. The maximum atomic E-state index is 12.8. The fourth-order valence-electron chi connectivity index (χ4n) is 5.00. The Morgan fingerprint density at radius 2 is 1.75 bits per heavy atom. The van der Waals surface area contributed by atoms with Crippen LogP contribution in [0.3, 0.4) is 0 Å². The first kappa shape index (κ1) is 35.5. The molecule has 1 aromatic carbocycles. The van der Waals surface area contributed by atoms with Crippen LogP contribution in [0.2, 0.25) is 0 Å². The number of nitrogens with one attached hydrogen (secondary N) is 1. The largest absolute Gasteiger partial charge is 0.467 e. The number of carbonyl (C=O) groups excluding carboxylic acids is 3. The van der Waals surface area contributed by atoms with Crippen molar-refractivity contribution in [2.24, 2.45) is 11.8 Å². The van der Waals surface area contributed by atoms with Gasteiger partial charge in [0.1, 0.15) is 6.04 Å². The van der Waals surface area contributed by atoms with Gasteiger partial charge in [0.2, 0.25) is 11.8 Å². The first-order valence-corrected chi connectivity index (χ1v) is 15.7. The SMILES string of the molecule is C#C.COC(=O)C(CSCC1CCCN1C(=O)CC1CCCCC1)NC(=O)CCC(C)C.OCc1ccccc1. The summed E-state index contributed by atoms with van der Waals surface area (Å²) in [6.45, 7) is 5.14. The van der Waals surface area contributed by atoms with Gasteiger partial charge in [0.05, 0.1) is 13.7 Å². The molecule has 3 rings (SSSR count). The number of thioether (sulfide) groups is 1. The number of benzene rings is 1. The number of aliphatic hydroxyl groups excluding tert-OH is 1. The van der Waals surface area contributed by atoms with E-state index in [1.807, 2.05) is 30.3 Å². The van der Waals surface area contributed by atoms with E-state index in [4.69, 9.17) is 9.84 Å². The van der Waals surface area contributed by atoms with Crippen LogP contribution in [-0.2, 0) is 25.7 Å². The van der Waals surface area contributed by atoms with Crippen LogP contribution in [0.5, 0.6) is 0 Å². The molecule has 1 aliphatic carbocycles. The van der Waals surface area contributed by atoms with Gasteiger partial charge in [0.25, 0.3) is 0 Å². The first-order valence-electron chi connectivity index (χ1n) is 14.6. The fourth-order valence-corrected chi connectivity index (χ4v) is 6.21. The predicted molar refractivity (Wildman–Crippen MR) is 164 cm³/mol. The van der Waals surface area contributed by atoms with Gasteiger partial charge in [-0.05, 0) is 49.5 Å². The minimum absolute atomic E-state index is 0.107. The highest BCUT2D eigenvalue weighted by atomic mass is 32.2. The second-order valence-electron chi connectivity index (χ2n) is 10.8. The van der Waals surface area contributed by atoms with E-state index in [0.29, 0.717) is 36.3 Å². The van der Waals surface area contributed by atoms with E-state index in [1.54, 1.807) is 11.8 Å². The van der Waals surface area contributed by atoms with Gasteiger partial charge in [-0.2, -0.15) is 11.8 Å². The highest BCUT2D eigenvalue weighted by Crippen LogP contribution is 2.29. The molecule has 1 heterocycles. The number of carbonyl (C=O) groups is 3. The normalized spacial score (nSPS) is 17.6. The Labute approximate surface area is 246 Å². The van der Waals surface area contributed by atoms with Gasteiger partial charge in [0.15, 0.2) is 0 Å². The molecule has 1 saturated carbocycles. The van der Waals surface area contributed by atoms with E-state index in [-0.39, 0.29) is 18.6 Å². The molecular weight excluding hydrogens is 524 g/mol. The van der Waals surface area contributed by atoms with Crippen molar-refractivity contribution in [1.29, 1.82) is 0 Å². The molecule has 1 saturated heterocycles. The highest BCUT2D eigenvalue weighted by molar-refractivity contribution is 7.99. The van der Waals surface area contributed by atoms with Crippen molar-refractivity contribution in [3.63, 3.8) is 0 Å². The predicted octanol–water partition coefficient (Wildman–Crippen LogP) is 5.20. The number of terminal acetylenes is 1. The number of ether oxygens (including phenoxy) is 1. The molecule has 7 nitrogen and oxygen atoms in total. The van der Waals surface area contributed by atoms with Crippen molar-refractivity contribution in [2.75, 3.05) is 25.2 Å². The molecule has 0 aromatic heterocycles. The molecule has 0 bridgehead atoms. The molecule has 0 radical (unpaired) electrons. The van der Waals surface area contributed by atoms with Crippen molar-refractivity contribution in [1.82, 2.24) is 10.2 Å². The van der Waals surface area contributed by atoms with E-state index in [2.05, 4.69) is 36.9 Å². The van der Waals surface area contributed by atoms with E-state index in [1.165, 1.54) is 39.2 Å². The zero-order chi connectivity index (χ0) is 29.8. The topological polar surface area (TPSA) is 95.9 Å². The van der Waals surface area contributed by atoms with Gasteiger partial charge in [-0.3, -0.25) is 9.59 Å². The second kappa shape index (κ2) is 21.3. The lowest BCUT2D eigenvalue weighted by Crippen LogP contribution is -2.44. The van der Waals surface area contributed by atoms with Crippen LogP contribution in [0, 0.1) is 24.7 Å². The molecular formula is C32H50N2O5S. The molecule has 2 fully saturated rings. The fraction of sp³-hybridized carbons (Fsp3) is 0.656. The third-order valence-corrected chi connectivity index (χ3v) is 8.46. The van der Waals surface area contributed by atoms with Gasteiger partial charge in [-0.25, -0.2) is 4.79 Å². The molecule has 2 amide bonds. The molecule has 1 aliphatic heterocycles. The van der Waals surface area contributed by atoms with E-state index >= 15 is 0 Å². The molecule has 2 aliphatic rings. The smallest absolute Gasteiger partial charge is 0.329 e. The monoisotopic (exact) mass is 574 g/mol. The minimum atomic E-state index is -0.632. The van der Waals surface area contributed by atoms with Gasteiger partial charge in [-0.1, -0.05) is 63.4 Å². The number of amides is 2. The summed E-state index contributed by atoms with van der Waals surface area (Å²) in [7, 11) is 1.35. The Bertz CT molecular complexity index is 871. The molecule has 40 heavy (non-hydrogen) atoms. The van der Waals surface area contributed by atoms with Gasteiger partial charge in [0, 0.05) is 36.9 Å². The zero-order valence-corrected chi connectivity index (χ0v) is 25.5. The number of esters is 1. The highest BCUT2D eigenvalue weighted by Gasteiger charge is 2.31. The quantitative estimate of drug-likeness (QED) is 0.263. The maximum absolute atomic E-state index is 12.8. The average molecular weight is 575 g/mol. The number of likely N-dealkylation sites (tertiary alicyclic amines) is 1. The second-order valence-corrected chi connectivity index (χ2v) is 11.9. The standard InChI is InChI=1S/C23H40N2O4S.C7H8O.C2H2/c1-17(2)11-12-21(26)24-20(23(28)29-3)16-30-15-19-10-7-13-25(19)22(27)14-18-8-5-4-6-9-18;8-6-7-4-2-1-3-5-7;1-2/h17-20H,4-16H2,1-3H3,(H,24,26);1-5,8H,6H2;1-2H. The number of methoxy groups -OCH3 is 1. The molecule has 2 atom stereocenters. The van der Waals surface area contributed by atoms with Crippen LogP contribution < -0.4 is 5.32 Å². The Kier molecular flexibility index (Phi) is 18.9. The Balaban J connectivity index is 0.000000675. The summed E-state index contributed by atoms with van der Waals surface area (Å²) in [5.74, 6) is 2.07. The summed E-state index contributed by atoms with van der Waals surface area (Å²) in [5.41, 5.74) is 0.965. The summed E-state index contributed by atoms with van der Waals surface area (Å²) in [4.78, 5) is 39.1. The maximum Gasteiger partial charge on any atom is 0.329 e. The van der Waals surface area contributed by atoms with Crippen molar-refractivity contribution in [3.8, 4) is 12.8 Å². The minimum Gasteiger partial charge on any atom is -0.467 e. The van der Waals surface area contributed by atoms with Crippen molar-refractivity contribution in [2.45, 2.75) is 96.7 Å². The molecule has 2 N–H and O–H groups in total. The van der Waals surface area contributed by atoms with Gasteiger partial charge in [-0.15, -0.1) is 12.8 Å². The van der Waals surface area contributed by atoms with Crippen LogP contribution in [0.1, 0.15) is 83.6 Å². The lowest BCUT2D eigenvalue weighted by Gasteiger charge is -2.28. The van der Waals surface area contributed by atoms with Crippen LogP contribution in [-0.4, -0.2) is 65.0 Å². The van der Waals surface area contributed by atoms with E-state index < -0.39 is 12.0 Å². The summed E-state index contributed by atoms with van der Waals surface area (Å²) >= 11 is 1.63. The summed E-state index contributed by atoms with van der Waals surface area (Å²) in [6.07, 6.45) is 18.2. The first-order chi connectivity index (χ1) is 19.3. The summed E-state index contributed by atoms with van der Waals surface area (Å²) < 4.78 is 4.87. The summed E-state index contributed by atoms with van der Waals surface area (Å²) in [6, 6.07) is 9.13. The molecule has 224 valence electrons. The Morgan fingerprint density at radius 3 is 2.33 bits per heavy atom. The number of hydrogen-bond acceptors (Lipinski definition) is 6. The lowest BCUT2D eigenvalue weighted by atomic mass is 9.86. The Morgan fingerprint density at radius 1 is 1.07 bits per heavy atom. The van der Waals surface area contributed by atoms with Crippen LogP contribution in [0.15, 0.2) is 30.3 Å². The molecule has 1 aromatic rings. The van der Waals surface area contributed by atoms with Crippen LogP contribution in [0.25, 0.3) is 0 Å². The number of rotatable bonds is 12. The average Bonchev–Trinajstić information content (AvgIpc) is 3.46. The van der Waals surface area contributed by atoms with Crippen molar-refractivity contribution in [3.05, 3.63) is 35.9 Å². The Hall–Kier alpha value is -2.50. The van der Waals surface area contributed by atoms with Gasteiger partial charge < -0.3 is 20.1 Å². The number of nitrogens with zero attached hydrogens (tertiary/aromatic N) is 1. The molecule has 0 spiro atoms. The van der Waals surface area contributed by atoms with E-state index in [9.17, 15) is 14.4 Å². The number of hydrogen-bond donors (Lipinski definition) is 2. The number of aliphatic hydroxyl groups is 1. The van der Waals surface area contributed by atoms with Crippen LogP contribution >= 0.6 is 11.8 Å². The van der Waals surface area contributed by atoms with Crippen LogP contribution in [0.4, 0.5) is 0 Å². The van der Waals surface area contributed by atoms with Crippen molar-refractivity contribution >= 4 is 29.5 Å². The van der Waals surface area contributed by atoms with E-state index in [0.717, 1.165) is 37.1 Å². The van der Waals surface area contributed by atoms with Gasteiger partial charge >= 0.3 is 5.97 Å².